The first-order valence-electron chi connectivity index (χ1n) is 9.47. The molecule has 0 radical (unpaired) electrons. The average Bonchev–Trinajstić information content (AvgIpc) is 3.28. The van der Waals surface area contributed by atoms with Crippen molar-refractivity contribution in [1.82, 2.24) is 10.2 Å². The van der Waals surface area contributed by atoms with Gasteiger partial charge in [-0.25, -0.2) is 4.79 Å². The van der Waals surface area contributed by atoms with Crippen LogP contribution in [0.5, 0.6) is 5.75 Å². The Morgan fingerprint density at radius 2 is 1.64 bits per heavy atom. The number of carbonyl (C=O) groups excluding carboxylic acids is 1. The van der Waals surface area contributed by atoms with Gasteiger partial charge in [-0.05, 0) is 55.8 Å². The molecule has 28 heavy (non-hydrogen) atoms. The highest BCUT2D eigenvalue weighted by Crippen LogP contribution is 2.26. The van der Waals surface area contributed by atoms with E-state index in [0.29, 0.717) is 10.6 Å². The molecule has 1 aliphatic heterocycles. The van der Waals surface area contributed by atoms with E-state index in [0.717, 1.165) is 30.9 Å². The van der Waals surface area contributed by atoms with Crippen LogP contribution in [-0.2, 0) is 4.74 Å². The molecule has 5 nitrogen and oxygen atoms in total. The second kappa shape index (κ2) is 9.66. The molecule has 1 fully saturated rings. The highest BCUT2D eigenvalue weighted by molar-refractivity contribution is 7.80. The molecule has 0 saturated carbocycles. The first-order chi connectivity index (χ1) is 13.6. The maximum Gasteiger partial charge on any atom is 0.337 e. The van der Waals surface area contributed by atoms with E-state index in [2.05, 4.69) is 22.3 Å². The third-order valence-electron chi connectivity index (χ3n) is 5.11. The highest BCUT2D eigenvalue weighted by atomic mass is 32.1. The molecule has 0 spiro atoms. The topological polar surface area (TPSA) is 50.8 Å². The third kappa shape index (κ3) is 4.88. The molecule has 2 aromatic rings. The van der Waals surface area contributed by atoms with Crippen molar-refractivity contribution < 1.29 is 14.3 Å². The summed E-state index contributed by atoms with van der Waals surface area (Å²) in [6, 6.07) is 15.7. The fourth-order valence-corrected chi connectivity index (χ4v) is 3.72. The highest BCUT2D eigenvalue weighted by Gasteiger charge is 2.23. The third-order valence-corrected chi connectivity index (χ3v) is 5.49. The number of ether oxygens (including phenoxy) is 2. The van der Waals surface area contributed by atoms with Gasteiger partial charge in [-0.2, -0.15) is 0 Å². The molecule has 0 amide bonds. The van der Waals surface area contributed by atoms with Crippen molar-refractivity contribution in [3.05, 3.63) is 65.2 Å². The lowest BCUT2D eigenvalue weighted by atomic mass is 10.0. The van der Waals surface area contributed by atoms with Gasteiger partial charge >= 0.3 is 5.97 Å². The number of hydrogen-bond donors (Lipinski definition) is 1. The Hall–Kier alpha value is -2.44. The van der Waals surface area contributed by atoms with Crippen LogP contribution in [0.3, 0.4) is 0 Å². The van der Waals surface area contributed by atoms with Crippen LogP contribution in [-0.4, -0.2) is 49.7 Å². The van der Waals surface area contributed by atoms with Crippen LogP contribution < -0.4 is 10.1 Å². The summed E-state index contributed by atoms with van der Waals surface area (Å²) in [4.78, 5) is 14.7. The summed E-state index contributed by atoms with van der Waals surface area (Å²) < 4.78 is 10.0. The van der Waals surface area contributed by atoms with E-state index in [1.54, 1.807) is 19.2 Å². The van der Waals surface area contributed by atoms with Crippen LogP contribution in [0, 0.1) is 0 Å². The number of carbonyl (C=O) groups is 1. The molecular formula is C22H26N2O3S. The van der Waals surface area contributed by atoms with Crippen LogP contribution in [0.1, 0.15) is 40.4 Å². The van der Waals surface area contributed by atoms with E-state index in [4.69, 9.17) is 21.7 Å². The van der Waals surface area contributed by atoms with Crippen molar-refractivity contribution in [2.45, 2.75) is 18.9 Å². The average molecular weight is 399 g/mol. The Morgan fingerprint density at radius 3 is 2.21 bits per heavy atom. The van der Waals surface area contributed by atoms with Gasteiger partial charge in [0.2, 0.25) is 0 Å². The Balaban J connectivity index is 1.68. The number of nitrogens with zero attached hydrogens (tertiary/aromatic N) is 1. The van der Waals surface area contributed by atoms with Gasteiger partial charge < -0.3 is 14.8 Å². The van der Waals surface area contributed by atoms with E-state index < -0.39 is 0 Å². The van der Waals surface area contributed by atoms with E-state index in [1.807, 2.05) is 24.3 Å². The van der Waals surface area contributed by atoms with Gasteiger partial charge in [-0.1, -0.05) is 36.5 Å². The lowest BCUT2D eigenvalue weighted by molar-refractivity contribution is 0.0600. The summed E-state index contributed by atoms with van der Waals surface area (Å²) in [7, 11) is 3.05. The summed E-state index contributed by atoms with van der Waals surface area (Å²) in [5.74, 6) is 0.511. The predicted octanol–water partition coefficient (Wildman–Crippen LogP) is 3.58. The zero-order valence-corrected chi connectivity index (χ0v) is 17.1. The lowest BCUT2D eigenvalue weighted by Crippen LogP contribution is -2.36. The Bertz CT molecular complexity index is 800. The molecule has 2 aromatic carbocycles. The standard InChI is InChI=1S/C22H26N2O3S/c1-26-19-11-9-16(10-12-19)20(24-13-3-4-14-24)15-23-21(28)17-5-7-18(8-6-17)22(25)27-2/h5-12,20H,3-4,13-15H2,1-2H3,(H,23,28)/t20-/m0/s1. The Morgan fingerprint density at radius 1 is 1.04 bits per heavy atom. The molecule has 0 aromatic heterocycles. The summed E-state index contributed by atoms with van der Waals surface area (Å²) in [5, 5.41) is 3.41. The summed E-state index contributed by atoms with van der Waals surface area (Å²) in [6.45, 7) is 2.92. The molecule has 0 bridgehead atoms. The van der Waals surface area contributed by atoms with E-state index in [1.165, 1.54) is 25.5 Å². The van der Waals surface area contributed by atoms with Gasteiger partial charge in [0.05, 0.1) is 25.8 Å². The van der Waals surface area contributed by atoms with Crippen LogP contribution in [0.4, 0.5) is 0 Å². The number of rotatable bonds is 7. The van der Waals surface area contributed by atoms with Gasteiger partial charge in [0.15, 0.2) is 0 Å². The smallest absolute Gasteiger partial charge is 0.337 e. The predicted molar refractivity (Wildman–Crippen MR) is 114 cm³/mol. The molecule has 1 N–H and O–H groups in total. The molecule has 6 heteroatoms. The van der Waals surface area contributed by atoms with Crippen molar-refractivity contribution in [3.63, 3.8) is 0 Å². The van der Waals surface area contributed by atoms with Crippen LogP contribution in [0.2, 0.25) is 0 Å². The number of likely N-dealkylation sites (tertiary alicyclic amines) is 1. The molecule has 1 saturated heterocycles. The summed E-state index contributed by atoms with van der Waals surface area (Å²) in [6.07, 6.45) is 2.46. The van der Waals surface area contributed by atoms with Crippen molar-refractivity contribution in [2.24, 2.45) is 0 Å². The minimum absolute atomic E-state index is 0.251. The Labute approximate surface area is 171 Å². The molecule has 148 valence electrons. The maximum atomic E-state index is 11.6. The minimum atomic E-state index is -0.348. The van der Waals surface area contributed by atoms with Gasteiger partial charge in [0, 0.05) is 12.1 Å². The second-order valence-corrected chi connectivity index (χ2v) is 7.22. The number of methoxy groups -OCH3 is 2. The van der Waals surface area contributed by atoms with Crippen molar-refractivity contribution in [1.29, 1.82) is 0 Å². The van der Waals surface area contributed by atoms with E-state index in [-0.39, 0.29) is 12.0 Å². The zero-order chi connectivity index (χ0) is 19.9. The second-order valence-electron chi connectivity index (χ2n) is 6.81. The summed E-state index contributed by atoms with van der Waals surface area (Å²) in [5.41, 5.74) is 2.65. The number of hydrogen-bond acceptors (Lipinski definition) is 5. The largest absolute Gasteiger partial charge is 0.497 e. The van der Waals surface area contributed by atoms with E-state index in [9.17, 15) is 4.79 Å². The zero-order valence-electron chi connectivity index (χ0n) is 16.3. The quantitative estimate of drug-likeness (QED) is 0.568. The molecule has 1 aliphatic rings. The first-order valence-corrected chi connectivity index (χ1v) is 9.88. The minimum Gasteiger partial charge on any atom is -0.497 e. The van der Waals surface area contributed by atoms with Gasteiger partial charge in [0.1, 0.15) is 10.7 Å². The molecular weight excluding hydrogens is 372 g/mol. The monoisotopic (exact) mass is 398 g/mol. The lowest BCUT2D eigenvalue weighted by Gasteiger charge is -2.29. The van der Waals surface area contributed by atoms with Gasteiger partial charge in [0.25, 0.3) is 0 Å². The fourth-order valence-electron chi connectivity index (χ4n) is 3.50. The fraction of sp³-hybridized carbons (Fsp3) is 0.364. The van der Waals surface area contributed by atoms with Crippen molar-refractivity contribution in [2.75, 3.05) is 33.9 Å². The number of thiocarbonyl (C=S) groups is 1. The number of esters is 1. The Kier molecular flexibility index (Phi) is 7.01. The molecule has 1 atom stereocenters. The van der Waals surface area contributed by atoms with Gasteiger partial charge in [-0.3, -0.25) is 4.90 Å². The first kappa shape index (κ1) is 20.3. The molecule has 1 heterocycles. The van der Waals surface area contributed by atoms with Crippen LogP contribution in [0.25, 0.3) is 0 Å². The summed E-state index contributed by atoms with van der Waals surface area (Å²) >= 11 is 5.57. The SMILES string of the molecule is COC(=O)c1ccc(C(=S)NC[C@@H](c2ccc(OC)cc2)N2CCCC2)cc1. The number of nitrogens with one attached hydrogen (secondary N) is 1. The maximum absolute atomic E-state index is 11.6. The molecule has 0 unspecified atom stereocenters. The van der Waals surface area contributed by atoms with Crippen molar-refractivity contribution >= 4 is 23.2 Å². The molecule has 0 aliphatic carbocycles. The normalized spacial score (nSPS) is 15.1. The number of benzene rings is 2. The van der Waals surface area contributed by atoms with E-state index >= 15 is 0 Å². The van der Waals surface area contributed by atoms with Crippen LogP contribution >= 0.6 is 12.2 Å². The van der Waals surface area contributed by atoms with Crippen LogP contribution in [0.15, 0.2) is 48.5 Å². The molecule has 3 rings (SSSR count). The van der Waals surface area contributed by atoms with Gasteiger partial charge in [-0.15, -0.1) is 0 Å². The van der Waals surface area contributed by atoms with Crippen molar-refractivity contribution in [3.8, 4) is 5.75 Å².